The SMILES string of the molecule is CCC(C)(CC)CC(CC)(CC)c1ccncc1. The molecule has 1 nitrogen and oxygen atoms in total. The highest BCUT2D eigenvalue weighted by atomic mass is 14.6. The number of aromatic nitrogens is 1. The monoisotopic (exact) mass is 247 g/mol. The summed E-state index contributed by atoms with van der Waals surface area (Å²) in [6.07, 6.45) is 10.1. The van der Waals surface area contributed by atoms with Crippen LogP contribution in [0.3, 0.4) is 0 Å². The van der Waals surface area contributed by atoms with Gasteiger partial charge in [-0.25, -0.2) is 0 Å². The predicted molar refractivity (Wildman–Crippen MR) is 79.8 cm³/mol. The second-order valence-electron chi connectivity index (χ2n) is 5.92. The van der Waals surface area contributed by atoms with E-state index in [1.807, 2.05) is 12.4 Å². The summed E-state index contributed by atoms with van der Waals surface area (Å²) in [5.74, 6) is 0. The van der Waals surface area contributed by atoms with E-state index in [1.54, 1.807) is 0 Å². The topological polar surface area (TPSA) is 12.9 Å². The molecule has 1 heterocycles. The Morgan fingerprint density at radius 1 is 0.889 bits per heavy atom. The molecule has 0 N–H and O–H groups in total. The van der Waals surface area contributed by atoms with Crippen LogP contribution in [0.15, 0.2) is 24.5 Å². The molecule has 0 unspecified atom stereocenters. The van der Waals surface area contributed by atoms with Gasteiger partial charge in [-0.05, 0) is 47.8 Å². The smallest absolute Gasteiger partial charge is 0.0270 e. The van der Waals surface area contributed by atoms with E-state index in [-0.39, 0.29) is 0 Å². The third-order valence-electron chi connectivity index (χ3n) is 5.12. The van der Waals surface area contributed by atoms with Crippen LogP contribution in [-0.4, -0.2) is 4.98 Å². The van der Waals surface area contributed by atoms with Crippen molar-refractivity contribution < 1.29 is 0 Å². The van der Waals surface area contributed by atoms with Gasteiger partial charge in [0, 0.05) is 12.4 Å². The largest absolute Gasteiger partial charge is 0.265 e. The Bertz CT molecular complexity index is 334. The number of rotatable bonds is 7. The number of nitrogens with zero attached hydrogens (tertiary/aromatic N) is 1. The van der Waals surface area contributed by atoms with Crippen molar-refractivity contribution in [1.82, 2.24) is 4.98 Å². The van der Waals surface area contributed by atoms with Crippen molar-refractivity contribution in [2.75, 3.05) is 0 Å². The molecule has 0 saturated heterocycles. The molecule has 0 fully saturated rings. The summed E-state index contributed by atoms with van der Waals surface area (Å²) in [6, 6.07) is 4.41. The van der Waals surface area contributed by atoms with Gasteiger partial charge in [0.05, 0.1) is 0 Å². The summed E-state index contributed by atoms with van der Waals surface area (Å²) in [4.78, 5) is 4.16. The molecule has 102 valence electrons. The predicted octanol–water partition coefficient (Wildman–Crippen LogP) is 5.36. The molecule has 1 heteroatoms. The van der Waals surface area contributed by atoms with Crippen LogP contribution in [0.1, 0.15) is 72.3 Å². The van der Waals surface area contributed by atoms with E-state index in [0.29, 0.717) is 10.8 Å². The molecule has 1 aromatic rings. The molecule has 1 aromatic heterocycles. The van der Waals surface area contributed by atoms with Gasteiger partial charge in [0.2, 0.25) is 0 Å². The maximum Gasteiger partial charge on any atom is 0.0270 e. The molecule has 0 aliphatic heterocycles. The van der Waals surface area contributed by atoms with Crippen LogP contribution >= 0.6 is 0 Å². The summed E-state index contributed by atoms with van der Waals surface area (Å²) < 4.78 is 0. The van der Waals surface area contributed by atoms with Crippen LogP contribution < -0.4 is 0 Å². The molecule has 0 aliphatic rings. The zero-order chi connectivity index (χ0) is 13.6. The molecule has 0 atom stereocenters. The van der Waals surface area contributed by atoms with Gasteiger partial charge in [-0.1, -0.05) is 47.5 Å². The molecule has 0 spiro atoms. The van der Waals surface area contributed by atoms with Crippen molar-refractivity contribution in [1.29, 1.82) is 0 Å². The fraction of sp³-hybridized carbons (Fsp3) is 0.706. The standard InChI is InChI=1S/C17H29N/c1-6-16(5,7-2)14-17(8-3,9-4)15-10-12-18-13-11-15/h10-13H,6-9,14H2,1-5H3. The molecule has 0 bridgehead atoms. The van der Waals surface area contributed by atoms with Gasteiger partial charge in [0.25, 0.3) is 0 Å². The van der Waals surface area contributed by atoms with E-state index in [0.717, 1.165) is 0 Å². The van der Waals surface area contributed by atoms with Gasteiger partial charge in [-0.3, -0.25) is 4.98 Å². The first-order valence-electron chi connectivity index (χ1n) is 7.46. The zero-order valence-electron chi connectivity index (χ0n) is 12.8. The van der Waals surface area contributed by atoms with Crippen LogP contribution in [0.2, 0.25) is 0 Å². The lowest BCUT2D eigenvalue weighted by atomic mass is 9.64. The Kier molecular flexibility index (Phi) is 5.37. The molecule has 0 radical (unpaired) electrons. The van der Waals surface area contributed by atoms with E-state index < -0.39 is 0 Å². The number of hydrogen-bond acceptors (Lipinski definition) is 1. The van der Waals surface area contributed by atoms with E-state index in [1.165, 1.54) is 37.7 Å². The Morgan fingerprint density at radius 3 is 1.78 bits per heavy atom. The molecule has 1 rings (SSSR count). The van der Waals surface area contributed by atoms with Crippen LogP contribution in [-0.2, 0) is 5.41 Å². The van der Waals surface area contributed by atoms with Gasteiger partial charge in [-0.15, -0.1) is 0 Å². The second kappa shape index (κ2) is 6.36. The van der Waals surface area contributed by atoms with Crippen molar-refractivity contribution in [3.05, 3.63) is 30.1 Å². The van der Waals surface area contributed by atoms with Gasteiger partial charge in [0.1, 0.15) is 0 Å². The van der Waals surface area contributed by atoms with E-state index in [2.05, 4.69) is 51.7 Å². The minimum absolute atomic E-state index is 0.323. The van der Waals surface area contributed by atoms with Crippen molar-refractivity contribution in [2.24, 2.45) is 5.41 Å². The number of hydrogen-bond donors (Lipinski definition) is 0. The van der Waals surface area contributed by atoms with Gasteiger partial charge < -0.3 is 0 Å². The normalized spacial score (nSPS) is 12.7. The Balaban J connectivity index is 3.08. The van der Waals surface area contributed by atoms with Crippen molar-refractivity contribution >= 4 is 0 Å². The fourth-order valence-electron chi connectivity index (χ4n) is 3.03. The highest BCUT2D eigenvalue weighted by Crippen LogP contribution is 2.44. The molecule has 0 aromatic carbocycles. The third-order valence-corrected chi connectivity index (χ3v) is 5.12. The molecule has 0 saturated carbocycles. The average Bonchev–Trinajstić information content (AvgIpc) is 2.45. The first kappa shape index (κ1) is 15.2. The van der Waals surface area contributed by atoms with Gasteiger partial charge >= 0.3 is 0 Å². The Labute approximate surface area is 113 Å². The molecular formula is C17H29N. The van der Waals surface area contributed by atoms with E-state index in [9.17, 15) is 0 Å². The lowest BCUT2D eigenvalue weighted by Crippen LogP contribution is -2.32. The quantitative estimate of drug-likeness (QED) is 0.632. The zero-order valence-corrected chi connectivity index (χ0v) is 12.8. The lowest BCUT2D eigenvalue weighted by molar-refractivity contribution is 0.183. The maximum absolute atomic E-state index is 4.16. The van der Waals surface area contributed by atoms with Gasteiger partial charge in [-0.2, -0.15) is 0 Å². The molecular weight excluding hydrogens is 218 g/mol. The van der Waals surface area contributed by atoms with Crippen LogP contribution in [0.25, 0.3) is 0 Å². The van der Waals surface area contributed by atoms with Crippen LogP contribution in [0.5, 0.6) is 0 Å². The first-order valence-corrected chi connectivity index (χ1v) is 7.46. The molecule has 18 heavy (non-hydrogen) atoms. The van der Waals surface area contributed by atoms with E-state index >= 15 is 0 Å². The minimum Gasteiger partial charge on any atom is -0.265 e. The summed E-state index contributed by atoms with van der Waals surface area (Å²) >= 11 is 0. The molecule has 0 amide bonds. The van der Waals surface area contributed by atoms with Crippen molar-refractivity contribution in [3.63, 3.8) is 0 Å². The minimum atomic E-state index is 0.323. The van der Waals surface area contributed by atoms with Crippen LogP contribution in [0.4, 0.5) is 0 Å². The summed E-state index contributed by atoms with van der Waals surface area (Å²) in [5.41, 5.74) is 2.24. The third kappa shape index (κ3) is 3.13. The van der Waals surface area contributed by atoms with Crippen LogP contribution in [0, 0.1) is 5.41 Å². The summed E-state index contributed by atoms with van der Waals surface area (Å²) in [7, 11) is 0. The highest BCUT2D eigenvalue weighted by Gasteiger charge is 2.35. The number of pyridine rings is 1. The summed E-state index contributed by atoms with van der Waals surface area (Å²) in [5, 5.41) is 0. The summed E-state index contributed by atoms with van der Waals surface area (Å²) in [6.45, 7) is 11.7. The fourth-order valence-corrected chi connectivity index (χ4v) is 3.03. The second-order valence-corrected chi connectivity index (χ2v) is 5.92. The highest BCUT2D eigenvalue weighted by molar-refractivity contribution is 5.23. The first-order chi connectivity index (χ1) is 8.55. The van der Waals surface area contributed by atoms with Gasteiger partial charge in [0.15, 0.2) is 0 Å². The lowest BCUT2D eigenvalue weighted by Gasteiger charge is -2.41. The maximum atomic E-state index is 4.16. The Morgan fingerprint density at radius 2 is 1.39 bits per heavy atom. The van der Waals surface area contributed by atoms with Crippen molar-refractivity contribution in [3.8, 4) is 0 Å². The van der Waals surface area contributed by atoms with Crippen molar-refractivity contribution in [2.45, 2.75) is 72.1 Å². The molecule has 0 aliphatic carbocycles. The van der Waals surface area contributed by atoms with E-state index in [4.69, 9.17) is 0 Å². The Hall–Kier alpha value is -0.850. The average molecular weight is 247 g/mol.